The molecule has 0 fully saturated rings. The van der Waals surface area contributed by atoms with Gasteiger partial charge in [-0.05, 0) is 30.7 Å². The van der Waals surface area contributed by atoms with E-state index in [0.717, 1.165) is 10.9 Å². The molecule has 0 aliphatic rings. The van der Waals surface area contributed by atoms with E-state index in [-0.39, 0.29) is 11.5 Å². The fourth-order valence-electron chi connectivity index (χ4n) is 3.63. The predicted molar refractivity (Wildman–Crippen MR) is 112 cm³/mol. The van der Waals surface area contributed by atoms with E-state index < -0.39 is 5.63 Å². The number of hydrogen-bond acceptors (Lipinski definition) is 4. The normalized spacial score (nSPS) is 11.2. The highest BCUT2D eigenvalue weighted by atomic mass is 16.4. The molecule has 5 aromatic rings. The second-order valence-corrected chi connectivity index (χ2v) is 6.94. The van der Waals surface area contributed by atoms with Crippen LogP contribution < -0.4 is 5.63 Å². The van der Waals surface area contributed by atoms with Gasteiger partial charge < -0.3 is 8.83 Å². The molecule has 4 heteroatoms. The lowest BCUT2D eigenvalue weighted by Crippen LogP contribution is -2.02. The number of rotatable bonds is 3. The van der Waals surface area contributed by atoms with Gasteiger partial charge in [-0.1, -0.05) is 60.7 Å². The summed E-state index contributed by atoms with van der Waals surface area (Å²) in [6.45, 7) is 1.72. The highest BCUT2D eigenvalue weighted by molar-refractivity contribution is 6.20. The Hall–Kier alpha value is -3.92. The maximum atomic E-state index is 13.3. The Kier molecular flexibility index (Phi) is 3.91. The molecule has 5 rings (SSSR count). The molecule has 29 heavy (non-hydrogen) atoms. The zero-order valence-corrected chi connectivity index (χ0v) is 15.6. The van der Waals surface area contributed by atoms with Crippen molar-refractivity contribution in [2.75, 3.05) is 0 Å². The summed E-state index contributed by atoms with van der Waals surface area (Å²) in [7, 11) is 0. The minimum absolute atomic E-state index is 0.219. The zero-order chi connectivity index (χ0) is 20.0. The molecule has 0 spiro atoms. The van der Waals surface area contributed by atoms with Crippen molar-refractivity contribution in [3.63, 3.8) is 0 Å². The molecule has 0 atom stereocenters. The Bertz CT molecular complexity index is 1420. The fourth-order valence-corrected chi connectivity index (χ4v) is 3.63. The van der Waals surface area contributed by atoms with Crippen molar-refractivity contribution in [1.82, 2.24) is 0 Å². The van der Waals surface area contributed by atoms with Crippen LogP contribution in [-0.2, 0) is 0 Å². The molecule has 0 saturated heterocycles. The van der Waals surface area contributed by atoms with Crippen molar-refractivity contribution in [2.24, 2.45) is 0 Å². The Morgan fingerprint density at radius 1 is 0.828 bits per heavy atom. The predicted octanol–water partition coefficient (Wildman–Crippen LogP) is 5.75. The summed E-state index contributed by atoms with van der Waals surface area (Å²) in [6, 6.07) is 24.0. The third-order valence-electron chi connectivity index (χ3n) is 5.03. The Morgan fingerprint density at radius 3 is 2.24 bits per heavy atom. The Balaban J connectivity index is 1.91. The molecule has 140 valence electrons. The van der Waals surface area contributed by atoms with Crippen LogP contribution in [0.2, 0.25) is 0 Å². The third kappa shape index (κ3) is 2.77. The molecule has 0 N–H and O–H groups in total. The van der Waals surface area contributed by atoms with Crippen molar-refractivity contribution < 1.29 is 13.6 Å². The summed E-state index contributed by atoms with van der Waals surface area (Å²) in [4.78, 5) is 25.5. The van der Waals surface area contributed by atoms with Gasteiger partial charge in [0.1, 0.15) is 11.2 Å². The SMILES string of the molecule is Cc1cc2ccc3oc(C(=O)c4ccccc4)c(-c4ccccc4)c3c2oc1=O. The largest absolute Gasteiger partial charge is 0.452 e. The average Bonchev–Trinajstić information content (AvgIpc) is 3.15. The molecular weight excluding hydrogens is 364 g/mol. The summed E-state index contributed by atoms with van der Waals surface area (Å²) >= 11 is 0. The van der Waals surface area contributed by atoms with Crippen molar-refractivity contribution >= 4 is 27.7 Å². The lowest BCUT2D eigenvalue weighted by Gasteiger charge is -2.05. The molecule has 0 radical (unpaired) electrons. The summed E-state index contributed by atoms with van der Waals surface area (Å²) in [5.41, 5.74) is 3.04. The summed E-state index contributed by atoms with van der Waals surface area (Å²) in [5, 5.41) is 1.41. The minimum atomic E-state index is -0.402. The molecular formula is C25H16O4. The molecule has 0 aliphatic heterocycles. The molecule has 0 saturated carbocycles. The van der Waals surface area contributed by atoms with Crippen molar-refractivity contribution in [1.29, 1.82) is 0 Å². The van der Waals surface area contributed by atoms with Gasteiger partial charge in [0, 0.05) is 22.1 Å². The lowest BCUT2D eigenvalue weighted by atomic mass is 9.97. The number of ketones is 1. The van der Waals surface area contributed by atoms with E-state index in [1.54, 1.807) is 25.1 Å². The fraction of sp³-hybridized carbons (Fsp3) is 0.0400. The lowest BCUT2D eigenvalue weighted by molar-refractivity contribution is 0.101. The second kappa shape index (κ2) is 6.60. The van der Waals surface area contributed by atoms with E-state index >= 15 is 0 Å². The number of furan rings is 1. The van der Waals surface area contributed by atoms with E-state index in [1.165, 1.54) is 0 Å². The van der Waals surface area contributed by atoms with Crippen LogP contribution in [0.4, 0.5) is 0 Å². The maximum Gasteiger partial charge on any atom is 0.339 e. The molecule has 3 aromatic carbocycles. The minimum Gasteiger partial charge on any atom is -0.452 e. The number of hydrogen-bond donors (Lipinski definition) is 0. The van der Waals surface area contributed by atoms with Gasteiger partial charge in [-0.2, -0.15) is 0 Å². The number of carbonyl (C=O) groups is 1. The Morgan fingerprint density at radius 2 is 1.52 bits per heavy atom. The summed E-state index contributed by atoms with van der Waals surface area (Å²) in [6.07, 6.45) is 0. The summed E-state index contributed by atoms with van der Waals surface area (Å²) < 4.78 is 11.7. The van der Waals surface area contributed by atoms with Crippen LogP contribution in [0.3, 0.4) is 0 Å². The van der Waals surface area contributed by atoms with Crippen LogP contribution in [0.25, 0.3) is 33.1 Å². The van der Waals surface area contributed by atoms with Crippen molar-refractivity contribution in [2.45, 2.75) is 6.92 Å². The quantitative estimate of drug-likeness (QED) is 0.295. The van der Waals surface area contributed by atoms with Gasteiger partial charge in [0.25, 0.3) is 0 Å². The van der Waals surface area contributed by atoms with Gasteiger partial charge in [0.05, 0.1) is 5.39 Å². The van der Waals surface area contributed by atoms with Gasteiger partial charge >= 0.3 is 5.63 Å². The molecule has 0 amide bonds. The molecule has 2 heterocycles. The summed E-state index contributed by atoms with van der Waals surface area (Å²) in [5.74, 6) is 0.0105. The first-order chi connectivity index (χ1) is 14.1. The van der Waals surface area contributed by atoms with E-state index in [1.807, 2.05) is 60.7 Å². The molecule has 0 bridgehead atoms. The highest BCUT2D eigenvalue weighted by Gasteiger charge is 2.25. The molecule has 0 unspecified atom stereocenters. The van der Waals surface area contributed by atoms with E-state index in [4.69, 9.17) is 8.83 Å². The topological polar surface area (TPSA) is 60.4 Å². The van der Waals surface area contributed by atoms with Crippen molar-refractivity contribution in [3.05, 3.63) is 106 Å². The first-order valence-electron chi connectivity index (χ1n) is 9.28. The Labute approximate surface area is 166 Å². The van der Waals surface area contributed by atoms with Crippen LogP contribution >= 0.6 is 0 Å². The van der Waals surface area contributed by atoms with Crippen LogP contribution in [0.5, 0.6) is 0 Å². The smallest absolute Gasteiger partial charge is 0.339 e. The number of carbonyl (C=O) groups excluding carboxylic acids is 1. The van der Waals surface area contributed by atoms with E-state index in [9.17, 15) is 9.59 Å². The molecule has 4 nitrogen and oxygen atoms in total. The van der Waals surface area contributed by atoms with Gasteiger partial charge in [-0.3, -0.25) is 4.79 Å². The number of benzene rings is 3. The zero-order valence-electron chi connectivity index (χ0n) is 15.6. The first-order valence-corrected chi connectivity index (χ1v) is 9.28. The standard InChI is InChI=1S/C25H16O4/c1-15-14-18-12-13-19-21(23(18)29-25(15)27)20(16-8-4-2-5-9-16)24(28-19)22(26)17-10-6-3-7-11-17/h2-14H,1H3. The van der Waals surface area contributed by atoms with Crippen LogP contribution in [0.1, 0.15) is 21.7 Å². The van der Waals surface area contributed by atoms with Gasteiger partial charge in [-0.15, -0.1) is 0 Å². The van der Waals surface area contributed by atoms with Crippen LogP contribution in [0, 0.1) is 6.92 Å². The van der Waals surface area contributed by atoms with Gasteiger partial charge in [0.2, 0.25) is 5.78 Å². The molecule has 2 aromatic heterocycles. The van der Waals surface area contributed by atoms with Crippen LogP contribution in [0.15, 0.2) is 92.5 Å². The van der Waals surface area contributed by atoms with Gasteiger partial charge in [-0.25, -0.2) is 4.79 Å². The van der Waals surface area contributed by atoms with E-state index in [2.05, 4.69) is 0 Å². The van der Waals surface area contributed by atoms with Crippen molar-refractivity contribution in [3.8, 4) is 11.1 Å². The maximum absolute atomic E-state index is 13.3. The highest BCUT2D eigenvalue weighted by Crippen LogP contribution is 2.39. The van der Waals surface area contributed by atoms with E-state index in [0.29, 0.717) is 33.2 Å². The number of aryl methyl sites for hydroxylation is 1. The molecule has 0 aliphatic carbocycles. The third-order valence-corrected chi connectivity index (χ3v) is 5.03. The van der Waals surface area contributed by atoms with Crippen LogP contribution in [-0.4, -0.2) is 5.78 Å². The monoisotopic (exact) mass is 380 g/mol. The first kappa shape index (κ1) is 17.2. The second-order valence-electron chi connectivity index (χ2n) is 6.94. The average molecular weight is 380 g/mol. The van der Waals surface area contributed by atoms with Gasteiger partial charge in [0.15, 0.2) is 5.76 Å². The number of fused-ring (bicyclic) bond motifs is 3.